The fraction of sp³-hybridized carbons (Fsp3) is 0.765. The smallest absolute Gasteiger partial charge is 0.0134 e. The molecule has 0 radical (unpaired) electrons. The Kier molecular flexibility index (Phi) is 2.92. The fourth-order valence-corrected chi connectivity index (χ4v) is 4.30. The zero-order valence-electron chi connectivity index (χ0n) is 11.5. The van der Waals surface area contributed by atoms with Crippen LogP contribution in [-0.2, 0) is 0 Å². The molecule has 2 bridgehead atoms. The third kappa shape index (κ3) is 1.80. The maximum Gasteiger partial charge on any atom is -0.0134 e. The lowest BCUT2D eigenvalue weighted by Gasteiger charge is -2.46. The average molecular weight is 230 g/mol. The maximum absolute atomic E-state index is 2.68. The summed E-state index contributed by atoms with van der Waals surface area (Å²) in [5, 5.41) is 0. The van der Waals surface area contributed by atoms with Crippen LogP contribution in [0.25, 0.3) is 0 Å². The molecule has 17 heavy (non-hydrogen) atoms. The maximum atomic E-state index is 2.68. The van der Waals surface area contributed by atoms with Crippen LogP contribution in [0.4, 0.5) is 0 Å². The molecule has 3 rings (SSSR count). The third-order valence-corrected chi connectivity index (χ3v) is 5.68. The summed E-state index contributed by atoms with van der Waals surface area (Å²) in [4.78, 5) is 0. The van der Waals surface area contributed by atoms with Crippen molar-refractivity contribution in [2.24, 2.45) is 17.3 Å². The molecule has 3 unspecified atom stereocenters. The van der Waals surface area contributed by atoms with Crippen LogP contribution in [0, 0.1) is 17.3 Å². The van der Waals surface area contributed by atoms with Gasteiger partial charge in [0.15, 0.2) is 0 Å². The van der Waals surface area contributed by atoms with E-state index in [4.69, 9.17) is 0 Å². The molecule has 0 aromatic rings. The topological polar surface area (TPSA) is 0 Å². The van der Waals surface area contributed by atoms with E-state index in [1.807, 2.05) is 5.57 Å². The zero-order chi connectivity index (χ0) is 11.9. The Hall–Kier alpha value is -0.520. The lowest BCUT2D eigenvalue weighted by Crippen LogP contribution is -2.37. The number of fused-ring (bicyclic) bond motifs is 5. The molecule has 0 spiro atoms. The molecule has 3 aliphatic carbocycles. The Balaban J connectivity index is 1.72. The van der Waals surface area contributed by atoms with E-state index >= 15 is 0 Å². The first-order valence-corrected chi connectivity index (χ1v) is 7.62. The van der Waals surface area contributed by atoms with Crippen molar-refractivity contribution in [1.82, 2.24) is 0 Å². The van der Waals surface area contributed by atoms with E-state index in [-0.39, 0.29) is 0 Å². The summed E-state index contributed by atoms with van der Waals surface area (Å²) in [7, 11) is 0. The van der Waals surface area contributed by atoms with Gasteiger partial charge in [-0.05, 0) is 55.8 Å². The van der Waals surface area contributed by atoms with Gasteiger partial charge in [-0.2, -0.15) is 0 Å². The number of allylic oxidation sites excluding steroid dienone is 4. The second kappa shape index (κ2) is 4.30. The molecule has 2 fully saturated rings. The van der Waals surface area contributed by atoms with Gasteiger partial charge in [-0.25, -0.2) is 0 Å². The number of rotatable bonds is 4. The van der Waals surface area contributed by atoms with Crippen molar-refractivity contribution in [3.8, 4) is 0 Å². The van der Waals surface area contributed by atoms with Crippen LogP contribution in [-0.4, -0.2) is 0 Å². The van der Waals surface area contributed by atoms with E-state index in [0.29, 0.717) is 5.41 Å². The van der Waals surface area contributed by atoms with Crippen LogP contribution in [0.3, 0.4) is 0 Å². The summed E-state index contributed by atoms with van der Waals surface area (Å²) in [6.45, 7) is 4.84. The first kappa shape index (κ1) is 11.6. The molecule has 0 saturated heterocycles. The molecule has 0 nitrogen and oxygen atoms in total. The summed E-state index contributed by atoms with van der Waals surface area (Å²) in [5.41, 5.74) is 4.21. The highest BCUT2D eigenvalue weighted by atomic mass is 14.6. The second-order valence-corrected chi connectivity index (χ2v) is 6.67. The Morgan fingerprint density at radius 3 is 2.94 bits per heavy atom. The SMILES string of the molecule is CCCCCC1=CC2CC(=CC1)C1CCC21C. The standard InChI is InChI=1S/C17H26/c1-3-4-5-6-13-7-8-14-12-15(11-13)17(2)10-9-16(14)17/h8,11,15-16H,3-7,9-10,12H2,1-2H3. The van der Waals surface area contributed by atoms with Crippen LogP contribution >= 0.6 is 0 Å². The number of unbranched alkanes of at least 4 members (excludes halogenated alkanes) is 2. The van der Waals surface area contributed by atoms with Gasteiger partial charge < -0.3 is 0 Å². The van der Waals surface area contributed by atoms with E-state index in [1.165, 1.54) is 51.4 Å². The number of hydrogen-bond donors (Lipinski definition) is 0. The molecule has 2 saturated carbocycles. The van der Waals surface area contributed by atoms with Gasteiger partial charge in [-0.15, -0.1) is 0 Å². The van der Waals surface area contributed by atoms with Gasteiger partial charge >= 0.3 is 0 Å². The zero-order valence-corrected chi connectivity index (χ0v) is 11.5. The van der Waals surface area contributed by atoms with Crippen LogP contribution in [0.1, 0.15) is 65.2 Å². The monoisotopic (exact) mass is 230 g/mol. The van der Waals surface area contributed by atoms with E-state index in [1.54, 1.807) is 5.57 Å². The molecule has 3 aliphatic rings. The van der Waals surface area contributed by atoms with E-state index in [9.17, 15) is 0 Å². The fourth-order valence-electron chi connectivity index (χ4n) is 4.30. The minimum atomic E-state index is 0.655. The lowest BCUT2D eigenvalue weighted by molar-refractivity contribution is 0.0723. The minimum absolute atomic E-state index is 0.655. The van der Waals surface area contributed by atoms with Crippen LogP contribution in [0.5, 0.6) is 0 Å². The first-order chi connectivity index (χ1) is 8.24. The average Bonchev–Trinajstić information content (AvgIpc) is 2.48. The van der Waals surface area contributed by atoms with Gasteiger partial charge in [0.1, 0.15) is 0 Å². The Labute approximate surface area is 106 Å². The summed E-state index contributed by atoms with van der Waals surface area (Å²) in [6.07, 6.45) is 16.4. The first-order valence-electron chi connectivity index (χ1n) is 7.62. The summed E-state index contributed by atoms with van der Waals surface area (Å²) < 4.78 is 0. The third-order valence-electron chi connectivity index (χ3n) is 5.68. The molecule has 0 aromatic heterocycles. The predicted molar refractivity (Wildman–Crippen MR) is 73.9 cm³/mol. The molecule has 94 valence electrons. The van der Waals surface area contributed by atoms with Crippen molar-refractivity contribution in [2.75, 3.05) is 0 Å². The van der Waals surface area contributed by atoms with Gasteiger partial charge in [-0.3, -0.25) is 0 Å². The highest BCUT2D eigenvalue weighted by Crippen LogP contribution is 2.64. The van der Waals surface area contributed by atoms with Gasteiger partial charge in [0.05, 0.1) is 0 Å². The molecule has 0 aromatic carbocycles. The lowest BCUT2D eigenvalue weighted by atomic mass is 9.58. The summed E-state index contributed by atoms with van der Waals surface area (Å²) in [6, 6.07) is 0. The summed E-state index contributed by atoms with van der Waals surface area (Å²) >= 11 is 0. The second-order valence-electron chi connectivity index (χ2n) is 6.67. The highest BCUT2D eigenvalue weighted by molar-refractivity contribution is 5.32. The Morgan fingerprint density at radius 1 is 1.35 bits per heavy atom. The van der Waals surface area contributed by atoms with Crippen molar-refractivity contribution < 1.29 is 0 Å². The molecule has 0 amide bonds. The Bertz CT molecular complexity index is 360. The van der Waals surface area contributed by atoms with Crippen LogP contribution in [0.2, 0.25) is 0 Å². The van der Waals surface area contributed by atoms with Crippen molar-refractivity contribution in [3.63, 3.8) is 0 Å². The van der Waals surface area contributed by atoms with E-state index < -0.39 is 0 Å². The normalized spacial score (nSPS) is 38.9. The quantitative estimate of drug-likeness (QED) is 0.456. The van der Waals surface area contributed by atoms with Gasteiger partial charge in [0, 0.05) is 0 Å². The van der Waals surface area contributed by atoms with E-state index in [2.05, 4.69) is 26.0 Å². The van der Waals surface area contributed by atoms with Crippen molar-refractivity contribution in [1.29, 1.82) is 0 Å². The molecular formula is C17H26. The van der Waals surface area contributed by atoms with Gasteiger partial charge in [-0.1, -0.05) is 50.0 Å². The molecule has 0 aliphatic heterocycles. The van der Waals surface area contributed by atoms with Crippen molar-refractivity contribution in [2.45, 2.75) is 65.2 Å². The van der Waals surface area contributed by atoms with E-state index in [0.717, 1.165) is 11.8 Å². The minimum Gasteiger partial charge on any atom is -0.0810 e. The molecule has 0 N–H and O–H groups in total. The highest BCUT2D eigenvalue weighted by Gasteiger charge is 2.54. The Morgan fingerprint density at radius 2 is 2.24 bits per heavy atom. The molecule has 3 atom stereocenters. The van der Waals surface area contributed by atoms with Crippen LogP contribution < -0.4 is 0 Å². The predicted octanol–water partition coefficient (Wildman–Crippen LogP) is 5.26. The van der Waals surface area contributed by atoms with Crippen LogP contribution in [0.15, 0.2) is 23.3 Å². The molecule has 0 heterocycles. The molecular weight excluding hydrogens is 204 g/mol. The summed E-state index contributed by atoms with van der Waals surface area (Å²) in [5.74, 6) is 1.84. The van der Waals surface area contributed by atoms with Gasteiger partial charge in [0.25, 0.3) is 0 Å². The van der Waals surface area contributed by atoms with Crippen molar-refractivity contribution in [3.05, 3.63) is 23.3 Å². The van der Waals surface area contributed by atoms with Crippen molar-refractivity contribution >= 4 is 0 Å². The number of hydrogen-bond acceptors (Lipinski definition) is 0. The van der Waals surface area contributed by atoms with Gasteiger partial charge in [0.2, 0.25) is 0 Å². The molecule has 0 heteroatoms. The largest absolute Gasteiger partial charge is 0.0810 e.